The van der Waals surface area contributed by atoms with Crippen LogP contribution in [0.3, 0.4) is 0 Å². The second kappa shape index (κ2) is 4.49. The molecule has 2 unspecified atom stereocenters. The summed E-state index contributed by atoms with van der Waals surface area (Å²) in [6, 6.07) is 6.08. The molecule has 2 aliphatic rings. The number of nitrogens with one attached hydrogen (secondary N) is 2. The Morgan fingerprint density at radius 2 is 2.24 bits per heavy atom. The maximum Gasteiger partial charge on any atom is 0.243 e. The highest BCUT2D eigenvalue weighted by molar-refractivity contribution is 5.91. The summed E-state index contributed by atoms with van der Waals surface area (Å²) in [7, 11) is 1.68. The van der Waals surface area contributed by atoms with Crippen LogP contribution in [0, 0.1) is 0 Å². The molecule has 0 spiro atoms. The van der Waals surface area contributed by atoms with E-state index in [0.717, 1.165) is 36.5 Å². The minimum absolute atomic E-state index is 0.105. The van der Waals surface area contributed by atoms with E-state index in [-0.39, 0.29) is 18.0 Å². The van der Waals surface area contributed by atoms with Gasteiger partial charge in [0.25, 0.3) is 0 Å². The Kier molecular flexibility index (Phi) is 2.72. The molecule has 0 bridgehead atoms. The lowest BCUT2D eigenvalue weighted by atomic mass is 9.94. The van der Waals surface area contributed by atoms with Crippen LogP contribution in [-0.4, -0.2) is 42.0 Å². The minimum atomic E-state index is -0.177. The van der Waals surface area contributed by atoms with Gasteiger partial charge in [0.1, 0.15) is 11.8 Å². The molecule has 0 radical (unpaired) electrons. The summed E-state index contributed by atoms with van der Waals surface area (Å²) in [5.41, 5.74) is 3.39. The van der Waals surface area contributed by atoms with Crippen LogP contribution in [0.25, 0.3) is 10.9 Å². The van der Waals surface area contributed by atoms with E-state index in [1.54, 1.807) is 7.11 Å². The fourth-order valence-corrected chi connectivity index (χ4v) is 3.66. The fourth-order valence-electron chi connectivity index (χ4n) is 3.66. The number of methoxy groups -OCH3 is 1. The summed E-state index contributed by atoms with van der Waals surface area (Å²) in [6.45, 7) is 3.90. The lowest BCUT2D eigenvalue weighted by Crippen LogP contribution is -2.56. The van der Waals surface area contributed by atoms with Gasteiger partial charge in [0.15, 0.2) is 0 Å². The van der Waals surface area contributed by atoms with Crippen molar-refractivity contribution in [2.45, 2.75) is 25.4 Å². The summed E-state index contributed by atoms with van der Waals surface area (Å²) in [4.78, 5) is 18.1. The van der Waals surface area contributed by atoms with Crippen LogP contribution in [0.4, 0.5) is 0 Å². The Labute approximate surface area is 123 Å². The van der Waals surface area contributed by atoms with Crippen LogP contribution < -0.4 is 10.1 Å². The summed E-state index contributed by atoms with van der Waals surface area (Å²) in [5.74, 6) is 0.960. The number of carbonyl (C=O) groups excluding carboxylic acids is 1. The summed E-state index contributed by atoms with van der Waals surface area (Å²) < 4.78 is 5.32. The molecular formula is C16H19N3O2. The minimum Gasteiger partial charge on any atom is -0.497 e. The number of hydrogen-bond acceptors (Lipinski definition) is 3. The Hall–Kier alpha value is -2.01. The second-order valence-corrected chi connectivity index (χ2v) is 5.99. The summed E-state index contributed by atoms with van der Waals surface area (Å²) in [5, 5.41) is 4.24. The third kappa shape index (κ3) is 1.84. The number of fused-ring (bicyclic) bond motifs is 5. The van der Waals surface area contributed by atoms with E-state index in [0.29, 0.717) is 0 Å². The molecule has 1 saturated heterocycles. The number of ether oxygens (including phenoxy) is 1. The van der Waals surface area contributed by atoms with Crippen molar-refractivity contribution in [1.29, 1.82) is 0 Å². The Morgan fingerprint density at radius 3 is 3.05 bits per heavy atom. The number of amides is 1. The predicted octanol–water partition coefficient (Wildman–Crippen LogP) is 1.59. The van der Waals surface area contributed by atoms with Crippen molar-refractivity contribution < 1.29 is 9.53 Å². The van der Waals surface area contributed by atoms with Gasteiger partial charge in [-0.25, -0.2) is 0 Å². The number of nitrogens with zero attached hydrogens (tertiary/aromatic N) is 1. The topological polar surface area (TPSA) is 57.4 Å². The average molecular weight is 285 g/mol. The normalized spacial score (nSPS) is 25.3. The number of carbonyl (C=O) groups is 1. The Bertz CT molecular complexity index is 722. The SMILES string of the molecule is COc1ccc2[nH]c3c(c2c1)CCN1CC(C)NC(=O)C31. The number of aromatic nitrogens is 1. The van der Waals surface area contributed by atoms with E-state index < -0.39 is 0 Å². The van der Waals surface area contributed by atoms with Gasteiger partial charge in [-0.2, -0.15) is 0 Å². The van der Waals surface area contributed by atoms with Crippen LogP contribution >= 0.6 is 0 Å². The molecule has 2 atom stereocenters. The quantitative estimate of drug-likeness (QED) is 0.836. The summed E-state index contributed by atoms with van der Waals surface area (Å²) >= 11 is 0. The van der Waals surface area contributed by atoms with E-state index in [2.05, 4.69) is 28.2 Å². The van der Waals surface area contributed by atoms with E-state index in [1.165, 1.54) is 10.9 Å². The van der Waals surface area contributed by atoms with Crippen molar-refractivity contribution in [3.63, 3.8) is 0 Å². The molecule has 4 rings (SSSR count). The fraction of sp³-hybridized carbons (Fsp3) is 0.438. The van der Waals surface area contributed by atoms with E-state index in [4.69, 9.17) is 4.74 Å². The van der Waals surface area contributed by atoms with E-state index in [1.807, 2.05) is 12.1 Å². The standard InChI is InChI=1S/C16H19N3O2/c1-9-8-19-6-5-11-12-7-10(21-2)3-4-13(12)18-14(11)15(19)16(20)17-9/h3-4,7,9,15,18H,5-6,8H2,1-2H3,(H,17,20). The van der Waals surface area contributed by atoms with E-state index >= 15 is 0 Å². The van der Waals surface area contributed by atoms with Crippen molar-refractivity contribution in [1.82, 2.24) is 15.2 Å². The maximum absolute atomic E-state index is 12.4. The highest BCUT2D eigenvalue weighted by Gasteiger charge is 2.39. The highest BCUT2D eigenvalue weighted by Crippen LogP contribution is 2.37. The first kappa shape index (κ1) is 12.7. The van der Waals surface area contributed by atoms with Gasteiger partial charge in [-0.05, 0) is 37.1 Å². The molecule has 3 heterocycles. The van der Waals surface area contributed by atoms with Gasteiger partial charge in [0.05, 0.1) is 7.11 Å². The van der Waals surface area contributed by atoms with Crippen LogP contribution in [-0.2, 0) is 11.2 Å². The van der Waals surface area contributed by atoms with Crippen LogP contribution in [0.5, 0.6) is 5.75 Å². The van der Waals surface area contributed by atoms with Gasteiger partial charge in [-0.1, -0.05) is 0 Å². The zero-order chi connectivity index (χ0) is 14.6. The van der Waals surface area contributed by atoms with Crippen molar-refractivity contribution in [2.24, 2.45) is 0 Å². The molecule has 1 aromatic carbocycles. The molecule has 2 N–H and O–H groups in total. The molecule has 5 heteroatoms. The monoisotopic (exact) mass is 285 g/mol. The number of H-pyrrole nitrogens is 1. The van der Waals surface area contributed by atoms with Gasteiger partial charge in [0.2, 0.25) is 5.91 Å². The van der Waals surface area contributed by atoms with E-state index in [9.17, 15) is 4.79 Å². The van der Waals surface area contributed by atoms with Gasteiger partial charge in [-0.15, -0.1) is 0 Å². The Balaban J connectivity index is 1.85. The lowest BCUT2D eigenvalue weighted by Gasteiger charge is -2.40. The molecule has 0 aliphatic carbocycles. The third-order valence-electron chi connectivity index (χ3n) is 4.58. The Morgan fingerprint density at radius 1 is 1.38 bits per heavy atom. The number of benzene rings is 1. The molecule has 1 fully saturated rings. The highest BCUT2D eigenvalue weighted by atomic mass is 16.5. The third-order valence-corrected chi connectivity index (χ3v) is 4.58. The summed E-state index contributed by atoms with van der Waals surface area (Å²) in [6.07, 6.45) is 0.971. The number of rotatable bonds is 1. The predicted molar refractivity (Wildman–Crippen MR) is 80.5 cm³/mol. The molecule has 0 saturated carbocycles. The molecule has 1 amide bonds. The van der Waals surface area contributed by atoms with Crippen molar-refractivity contribution >= 4 is 16.8 Å². The first-order chi connectivity index (χ1) is 10.2. The average Bonchev–Trinajstić information content (AvgIpc) is 2.83. The maximum atomic E-state index is 12.4. The molecule has 2 aliphatic heterocycles. The first-order valence-corrected chi connectivity index (χ1v) is 7.40. The molecule has 21 heavy (non-hydrogen) atoms. The molecule has 1 aromatic heterocycles. The number of piperazine rings is 1. The largest absolute Gasteiger partial charge is 0.497 e. The number of hydrogen-bond donors (Lipinski definition) is 2. The van der Waals surface area contributed by atoms with Gasteiger partial charge in [0, 0.05) is 35.7 Å². The van der Waals surface area contributed by atoms with Crippen molar-refractivity contribution in [3.8, 4) is 5.75 Å². The zero-order valence-electron chi connectivity index (χ0n) is 12.3. The van der Waals surface area contributed by atoms with Crippen LogP contribution in [0.2, 0.25) is 0 Å². The smallest absolute Gasteiger partial charge is 0.243 e. The molecule has 110 valence electrons. The first-order valence-electron chi connectivity index (χ1n) is 7.40. The van der Waals surface area contributed by atoms with Crippen molar-refractivity contribution in [2.75, 3.05) is 20.2 Å². The van der Waals surface area contributed by atoms with Gasteiger partial charge in [-0.3, -0.25) is 9.69 Å². The number of aromatic amines is 1. The van der Waals surface area contributed by atoms with Crippen molar-refractivity contribution in [3.05, 3.63) is 29.5 Å². The van der Waals surface area contributed by atoms with Gasteiger partial charge < -0.3 is 15.0 Å². The molecule has 2 aromatic rings. The second-order valence-electron chi connectivity index (χ2n) is 5.99. The van der Waals surface area contributed by atoms with Crippen LogP contribution in [0.1, 0.15) is 24.2 Å². The molecular weight excluding hydrogens is 266 g/mol. The van der Waals surface area contributed by atoms with Gasteiger partial charge >= 0.3 is 0 Å². The lowest BCUT2D eigenvalue weighted by molar-refractivity contribution is -0.131. The zero-order valence-corrected chi connectivity index (χ0v) is 12.3. The molecule has 5 nitrogen and oxygen atoms in total. The van der Waals surface area contributed by atoms with Crippen LogP contribution in [0.15, 0.2) is 18.2 Å².